The summed E-state index contributed by atoms with van der Waals surface area (Å²) < 4.78 is 0.854. The van der Waals surface area contributed by atoms with Gasteiger partial charge < -0.3 is 15.5 Å². The topological polar surface area (TPSA) is 86.6 Å². The van der Waals surface area contributed by atoms with Crippen molar-refractivity contribution in [3.63, 3.8) is 0 Å². The number of rotatable bonds is 3. The minimum absolute atomic E-state index is 0.249. The Morgan fingerprint density at radius 1 is 1.14 bits per heavy atom. The van der Waals surface area contributed by atoms with Crippen LogP contribution in [0.25, 0.3) is 0 Å². The summed E-state index contributed by atoms with van der Waals surface area (Å²) in [6.07, 6.45) is 0. The number of aromatic hydroxyl groups is 1. The fourth-order valence-corrected chi connectivity index (χ4v) is 2.08. The first-order valence-corrected chi connectivity index (χ1v) is 6.81. The summed E-state index contributed by atoms with van der Waals surface area (Å²) in [5.41, 5.74) is 0.888. The van der Waals surface area contributed by atoms with Crippen LogP contribution >= 0.6 is 15.9 Å². The summed E-state index contributed by atoms with van der Waals surface area (Å²) in [6.45, 7) is 1.57. The Morgan fingerprint density at radius 2 is 1.76 bits per heavy atom. The van der Waals surface area contributed by atoms with E-state index in [9.17, 15) is 14.7 Å². The number of carbonyl (C=O) groups excluding carboxylic acids is 1. The molecule has 0 saturated heterocycles. The van der Waals surface area contributed by atoms with Crippen LogP contribution in [-0.4, -0.2) is 22.1 Å². The molecule has 0 aliphatic carbocycles. The van der Waals surface area contributed by atoms with Crippen molar-refractivity contribution in [2.75, 3.05) is 5.32 Å². The molecule has 0 radical (unpaired) electrons. The van der Waals surface area contributed by atoms with Gasteiger partial charge in [-0.05, 0) is 48.9 Å². The number of carbonyl (C=O) groups is 2. The van der Waals surface area contributed by atoms with E-state index in [0.717, 1.165) is 4.47 Å². The average molecular weight is 350 g/mol. The minimum Gasteiger partial charge on any atom is -0.507 e. The summed E-state index contributed by atoms with van der Waals surface area (Å²) in [5.74, 6) is -1.91. The molecule has 0 heterocycles. The van der Waals surface area contributed by atoms with E-state index in [0.29, 0.717) is 16.8 Å². The third-order valence-electron chi connectivity index (χ3n) is 2.90. The van der Waals surface area contributed by atoms with Crippen molar-refractivity contribution in [3.05, 3.63) is 57.6 Å². The first kappa shape index (κ1) is 15.1. The van der Waals surface area contributed by atoms with Crippen molar-refractivity contribution in [1.29, 1.82) is 0 Å². The molecule has 0 spiro atoms. The Kier molecular flexibility index (Phi) is 4.28. The molecule has 0 aliphatic rings. The molecule has 0 bridgehead atoms. The Bertz CT molecular complexity index is 710. The zero-order chi connectivity index (χ0) is 15.6. The number of aryl methyl sites for hydroxylation is 1. The van der Waals surface area contributed by atoms with E-state index in [2.05, 4.69) is 21.2 Å². The normalized spacial score (nSPS) is 10.2. The van der Waals surface area contributed by atoms with Crippen molar-refractivity contribution in [2.24, 2.45) is 0 Å². The summed E-state index contributed by atoms with van der Waals surface area (Å²) in [6, 6.07) is 9.49. The van der Waals surface area contributed by atoms with Gasteiger partial charge in [0.1, 0.15) is 11.3 Å². The van der Waals surface area contributed by atoms with Gasteiger partial charge in [-0.25, -0.2) is 4.79 Å². The molecule has 0 unspecified atom stereocenters. The first-order chi connectivity index (χ1) is 9.88. The SMILES string of the molecule is Cc1cc(NC(=O)c2ccc(Br)cc2)cc(C(=O)O)c1O. The number of benzene rings is 2. The van der Waals surface area contributed by atoms with Gasteiger partial charge in [-0.3, -0.25) is 4.79 Å². The molecule has 108 valence electrons. The van der Waals surface area contributed by atoms with Crippen LogP contribution in [0.15, 0.2) is 40.9 Å². The highest BCUT2D eigenvalue weighted by Crippen LogP contribution is 2.26. The lowest BCUT2D eigenvalue weighted by Gasteiger charge is -2.10. The van der Waals surface area contributed by atoms with Gasteiger partial charge in [-0.1, -0.05) is 15.9 Å². The highest BCUT2D eigenvalue weighted by molar-refractivity contribution is 9.10. The third kappa shape index (κ3) is 3.41. The Balaban J connectivity index is 2.29. The summed E-state index contributed by atoms with van der Waals surface area (Å²) in [5, 5.41) is 21.3. The number of carboxylic acids is 1. The van der Waals surface area contributed by atoms with E-state index in [1.165, 1.54) is 12.1 Å². The zero-order valence-electron chi connectivity index (χ0n) is 11.1. The van der Waals surface area contributed by atoms with Crippen LogP contribution in [0, 0.1) is 6.92 Å². The minimum atomic E-state index is -1.25. The molecular formula is C15H12BrNO4. The van der Waals surface area contributed by atoms with E-state index in [-0.39, 0.29) is 17.2 Å². The molecule has 0 aliphatic heterocycles. The standard InChI is InChI=1S/C15H12BrNO4/c1-8-6-11(7-12(13(8)18)15(20)21)17-14(19)9-2-4-10(16)5-3-9/h2-7,18H,1H3,(H,17,19)(H,20,21). The second-order valence-corrected chi connectivity index (χ2v) is 5.37. The molecule has 3 N–H and O–H groups in total. The number of hydrogen-bond donors (Lipinski definition) is 3. The maximum Gasteiger partial charge on any atom is 0.339 e. The van der Waals surface area contributed by atoms with Gasteiger partial charge in [0.05, 0.1) is 0 Å². The predicted molar refractivity (Wildman–Crippen MR) is 81.9 cm³/mol. The van der Waals surface area contributed by atoms with E-state index >= 15 is 0 Å². The van der Waals surface area contributed by atoms with Crippen LogP contribution in [0.1, 0.15) is 26.3 Å². The fraction of sp³-hybridized carbons (Fsp3) is 0.0667. The van der Waals surface area contributed by atoms with Crippen molar-refractivity contribution in [2.45, 2.75) is 6.92 Å². The van der Waals surface area contributed by atoms with E-state index in [1.54, 1.807) is 31.2 Å². The molecule has 1 amide bonds. The average Bonchev–Trinajstić information content (AvgIpc) is 2.43. The molecule has 2 aromatic rings. The fourth-order valence-electron chi connectivity index (χ4n) is 1.82. The Labute approximate surface area is 129 Å². The maximum atomic E-state index is 12.1. The molecule has 2 aromatic carbocycles. The first-order valence-electron chi connectivity index (χ1n) is 6.02. The lowest BCUT2D eigenvalue weighted by molar-refractivity contribution is 0.0693. The van der Waals surface area contributed by atoms with Crippen LogP contribution in [0.5, 0.6) is 5.75 Å². The number of anilines is 1. The largest absolute Gasteiger partial charge is 0.507 e. The van der Waals surface area contributed by atoms with Crippen LogP contribution in [0.4, 0.5) is 5.69 Å². The van der Waals surface area contributed by atoms with Gasteiger partial charge >= 0.3 is 5.97 Å². The van der Waals surface area contributed by atoms with Crippen LogP contribution in [0.2, 0.25) is 0 Å². The van der Waals surface area contributed by atoms with Gasteiger partial charge in [0.2, 0.25) is 0 Å². The number of hydrogen-bond acceptors (Lipinski definition) is 3. The van der Waals surface area contributed by atoms with E-state index < -0.39 is 5.97 Å². The summed E-state index contributed by atoms with van der Waals surface area (Å²) in [4.78, 5) is 23.1. The van der Waals surface area contributed by atoms with Crippen LogP contribution in [-0.2, 0) is 0 Å². The van der Waals surface area contributed by atoms with Gasteiger partial charge in [0.25, 0.3) is 5.91 Å². The number of halogens is 1. The maximum absolute atomic E-state index is 12.1. The second-order valence-electron chi connectivity index (χ2n) is 4.46. The summed E-state index contributed by atoms with van der Waals surface area (Å²) in [7, 11) is 0. The van der Waals surface area contributed by atoms with E-state index in [4.69, 9.17) is 5.11 Å². The van der Waals surface area contributed by atoms with Crippen molar-refractivity contribution >= 4 is 33.5 Å². The van der Waals surface area contributed by atoms with Crippen molar-refractivity contribution in [1.82, 2.24) is 0 Å². The van der Waals surface area contributed by atoms with E-state index in [1.807, 2.05) is 0 Å². The van der Waals surface area contributed by atoms with Crippen molar-refractivity contribution < 1.29 is 19.8 Å². The lowest BCUT2D eigenvalue weighted by Crippen LogP contribution is -2.12. The number of phenols is 1. The Hall–Kier alpha value is -2.34. The molecule has 5 nitrogen and oxygen atoms in total. The smallest absolute Gasteiger partial charge is 0.339 e. The van der Waals surface area contributed by atoms with Crippen LogP contribution < -0.4 is 5.32 Å². The van der Waals surface area contributed by atoms with Crippen LogP contribution in [0.3, 0.4) is 0 Å². The van der Waals surface area contributed by atoms with Gasteiger partial charge in [-0.15, -0.1) is 0 Å². The molecule has 6 heteroatoms. The highest BCUT2D eigenvalue weighted by atomic mass is 79.9. The number of amides is 1. The number of carboxylic acid groups (broad SMARTS) is 1. The quantitative estimate of drug-likeness (QED) is 0.741. The molecule has 0 fully saturated rings. The molecule has 0 atom stereocenters. The lowest BCUT2D eigenvalue weighted by atomic mass is 10.1. The third-order valence-corrected chi connectivity index (χ3v) is 3.42. The van der Waals surface area contributed by atoms with Gasteiger partial charge in [0, 0.05) is 15.7 Å². The van der Waals surface area contributed by atoms with Gasteiger partial charge in [0.15, 0.2) is 0 Å². The van der Waals surface area contributed by atoms with Gasteiger partial charge in [-0.2, -0.15) is 0 Å². The predicted octanol–water partition coefficient (Wildman–Crippen LogP) is 3.41. The summed E-state index contributed by atoms with van der Waals surface area (Å²) >= 11 is 3.28. The molecule has 21 heavy (non-hydrogen) atoms. The highest BCUT2D eigenvalue weighted by Gasteiger charge is 2.15. The number of nitrogens with one attached hydrogen (secondary N) is 1. The zero-order valence-corrected chi connectivity index (χ0v) is 12.6. The number of aromatic carboxylic acids is 1. The molecular weight excluding hydrogens is 338 g/mol. The monoisotopic (exact) mass is 349 g/mol. The molecule has 0 aromatic heterocycles. The molecule has 0 saturated carbocycles. The van der Waals surface area contributed by atoms with Crippen molar-refractivity contribution in [3.8, 4) is 5.75 Å². The second kappa shape index (κ2) is 5.97. The molecule has 2 rings (SSSR count). The Morgan fingerprint density at radius 3 is 2.33 bits per heavy atom.